The number of nitrogens with one attached hydrogen (secondary N) is 3. The highest BCUT2D eigenvalue weighted by Gasteiger charge is 2.49. The maximum atomic E-state index is 13.8. The van der Waals surface area contributed by atoms with Gasteiger partial charge in [-0.25, -0.2) is 9.67 Å². The molecule has 40 heavy (non-hydrogen) atoms. The molecule has 0 radical (unpaired) electrons. The first-order valence-electron chi connectivity index (χ1n) is 14.7. The van der Waals surface area contributed by atoms with Crippen LogP contribution in [0.25, 0.3) is 0 Å². The van der Waals surface area contributed by atoms with Crippen LogP contribution >= 0.6 is 0 Å². The Labute approximate surface area is 235 Å². The summed E-state index contributed by atoms with van der Waals surface area (Å²) in [5, 5.41) is 13.3. The molecule has 3 aliphatic carbocycles. The number of hydrogen-bond acceptors (Lipinski definition) is 6. The van der Waals surface area contributed by atoms with E-state index in [1.165, 1.54) is 17.4 Å². The number of aryl methyl sites for hydroxylation is 1. The Balaban J connectivity index is 1.21. The van der Waals surface area contributed by atoms with Crippen molar-refractivity contribution in [2.45, 2.75) is 69.7 Å². The van der Waals surface area contributed by atoms with E-state index in [1.807, 2.05) is 24.3 Å². The van der Waals surface area contributed by atoms with Gasteiger partial charge in [0, 0.05) is 25.9 Å². The van der Waals surface area contributed by atoms with E-state index >= 15 is 0 Å². The molecule has 214 valence electrons. The summed E-state index contributed by atoms with van der Waals surface area (Å²) in [7, 11) is 1.66. The third kappa shape index (κ3) is 5.38. The average molecular weight is 549 g/mol. The molecule has 4 aliphatic rings. The van der Waals surface area contributed by atoms with Gasteiger partial charge in [0.25, 0.3) is 5.91 Å². The number of anilines is 1. The number of carbonyl (C=O) groups is 3. The van der Waals surface area contributed by atoms with E-state index < -0.39 is 17.4 Å². The zero-order valence-electron chi connectivity index (χ0n) is 23.4. The summed E-state index contributed by atoms with van der Waals surface area (Å²) < 4.78 is 7.16. The maximum absolute atomic E-state index is 13.8. The van der Waals surface area contributed by atoms with Gasteiger partial charge in [-0.1, -0.05) is 25.5 Å². The maximum Gasteiger partial charge on any atom is 0.289 e. The van der Waals surface area contributed by atoms with Crippen LogP contribution in [0, 0.1) is 23.2 Å². The predicted molar refractivity (Wildman–Crippen MR) is 148 cm³/mol. The summed E-state index contributed by atoms with van der Waals surface area (Å²) in [4.78, 5) is 44.6. The van der Waals surface area contributed by atoms with Gasteiger partial charge in [0.05, 0.1) is 12.0 Å². The second kappa shape index (κ2) is 10.6. The van der Waals surface area contributed by atoms with E-state index in [1.54, 1.807) is 7.05 Å². The van der Waals surface area contributed by atoms with Gasteiger partial charge < -0.3 is 20.7 Å². The van der Waals surface area contributed by atoms with Crippen molar-refractivity contribution in [2.24, 2.45) is 30.2 Å². The highest BCUT2D eigenvalue weighted by Crippen LogP contribution is 2.51. The van der Waals surface area contributed by atoms with E-state index in [2.05, 4.69) is 33.0 Å². The number of rotatable bonds is 11. The van der Waals surface area contributed by atoms with Crippen molar-refractivity contribution in [3.63, 3.8) is 0 Å². The van der Waals surface area contributed by atoms with Crippen LogP contribution in [0.5, 0.6) is 0 Å². The van der Waals surface area contributed by atoms with Gasteiger partial charge in [-0.3, -0.25) is 14.4 Å². The molecule has 3 saturated carbocycles. The average Bonchev–Trinajstić information content (AvgIpc) is 3.85. The smallest absolute Gasteiger partial charge is 0.289 e. The molecule has 4 fully saturated rings. The van der Waals surface area contributed by atoms with Crippen molar-refractivity contribution in [1.29, 1.82) is 0 Å². The summed E-state index contributed by atoms with van der Waals surface area (Å²) in [6.07, 6.45) is 9.73. The number of hydrogen-bond donors (Lipinski definition) is 3. The van der Waals surface area contributed by atoms with E-state index in [0.29, 0.717) is 43.7 Å². The molecule has 1 aromatic carbocycles. The molecule has 2 aromatic rings. The molecule has 2 heterocycles. The summed E-state index contributed by atoms with van der Waals surface area (Å²) in [6.45, 7) is 3.72. The molecule has 1 saturated heterocycles. The summed E-state index contributed by atoms with van der Waals surface area (Å²) in [5.41, 5.74) is 0.830. The normalized spacial score (nSPS) is 24.3. The van der Waals surface area contributed by atoms with E-state index in [0.717, 1.165) is 44.1 Å². The first kappa shape index (κ1) is 26.9. The fraction of sp³-hybridized carbons (Fsp3) is 0.633. The Kier molecular flexibility index (Phi) is 7.14. The Hall–Kier alpha value is -3.27. The molecule has 3 N–H and O–H groups in total. The lowest BCUT2D eigenvalue weighted by Crippen LogP contribution is -2.50. The van der Waals surface area contributed by atoms with Crippen molar-refractivity contribution in [3.05, 3.63) is 42.0 Å². The third-order valence-corrected chi connectivity index (χ3v) is 9.58. The molecule has 10 nitrogen and oxygen atoms in total. The van der Waals surface area contributed by atoms with Crippen molar-refractivity contribution >= 4 is 23.4 Å². The zero-order valence-corrected chi connectivity index (χ0v) is 23.4. The monoisotopic (exact) mass is 548 g/mol. The van der Waals surface area contributed by atoms with Crippen molar-refractivity contribution in [1.82, 2.24) is 25.4 Å². The van der Waals surface area contributed by atoms with Crippen LogP contribution in [-0.4, -0.2) is 58.3 Å². The van der Waals surface area contributed by atoms with Crippen LogP contribution in [0.15, 0.2) is 30.6 Å². The minimum atomic E-state index is -0.787. The van der Waals surface area contributed by atoms with Gasteiger partial charge in [-0.05, 0) is 85.8 Å². The number of amides is 3. The Bertz CT molecular complexity index is 1260. The third-order valence-electron chi connectivity index (χ3n) is 9.58. The largest absolute Gasteiger partial charge is 0.380 e. The Morgan fingerprint density at radius 2 is 1.88 bits per heavy atom. The Morgan fingerprint density at radius 1 is 1.12 bits per heavy atom. The lowest BCUT2D eigenvalue weighted by molar-refractivity contribution is -0.127. The number of nitrogens with zero attached hydrogens (tertiary/aromatic N) is 3. The van der Waals surface area contributed by atoms with E-state index in [-0.39, 0.29) is 29.0 Å². The lowest BCUT2D eigenvalue weighted by atomic mass is 9.70. The number of aromatic nitrogens is 3. The lowest BCUT2D eigenvalue weighted by Gasteiger charge is -2.39. The van der Waals surface area contributed by atoms with Gasteiger partial charge in [0.15, 0.2) is 0 Å². The van der Waals surface area contributed by atoms with E-state index in [4.69, 9.17) is 4.74 Å². The molecule has 10 heteroatoms. The SMILES string of the molecule is Cn1ncnc1C(=O)N[C@H](C(=O)Nc1cccc(C2(C(=O)NCC3(C)CCC3)CCOC2)c1)C(C1CC1)C1CC1. The summed E-state index contributed by atoms with van der Waals surface area (Å²) >= 11 is 0. The van der Waals surface area contributed by atoms with Crippen molar-refractivity contribution < 1.29 is 19.1 Å². The van der Waals surface area contributed by atoms with Crippen LogP contribution in [0.1, 0.15) is 74.5 Å². The molecule has 1 aliphatic heterocycles. The van der Waals surface area contributed by atoms with Gasteiger partial charge in [-0.2, -0.15) is 5.10 Å². The second-order valence-electron chi connectivity index (χ2n) is 12.7. The number of benzene rings is 1. The van der Waals surface area contributed by atoms with Crippen LogP contribution in [-0.2, 0) is 26.8 Å². The summed E-state index contributed by atoms with van der Waals surface area (Å²) in [6, 6.07) is 6.87. The van der Waals surface area contributed by atoms with Crippen LogP contribution in [0.3, 0.4) is 0 Å². The highest BCUT2D eigenvalue weighted by atomic mass is 16.5. The van der Waals surface area contributed by atoms with Crippen molar-refractivity contribution in [3.8, 4) is 0 Å². The molecule has 0 bridgehead atoms. The van der Waals surface area contributed by atoms with Crippen LogP contribution < -0.4 is 16.0 Å². The van der Waals surface area contributed by atoms with Crippen LogP contribution in [0.2, 0.25) is 0 Å². The number of carbonyl (C=O) groups excluding carboxylic acids is 3. The highest BCUT2D eigenvalue weighted by molar-refractivity contribution is 6.00. The Morgan fingerprint density at radius 3 is 2.45 bits per heavy atom. The minimum absolute atomic E-state index is 0.0158. The first-order chi connectivity index (χ1) is 19.3. The molecule has 1 aromatic heterocycles. The topological polar surface area (TPSA) is 127 Å². The molecule has 0 spiro atoms. The summed E-state index contributed by atoms with van der Waals surface area (Å²) in [5.74, 6) is 0.486. The molecular formula is C30H40N6O4. The second-order valence-corrected chi connectivity index (χ2v) is 12.7. The predicted octanol–water partition coefficient (Wildman–Crippen LogP) is 2.95. The fourth-order valence-corrected chi connectivity index (χ4v) is 6.57. The fourth-order valence-electron chi connectivity index (χ4n) is 6.57. The zero-order chi connectivity index (χ0) is 27.9. The van der Waals surface area contributed by atoms with Gasteiger partial charge >= 0.3 is 0 Å². The minimum Gasteiger partial charge on any atom is -0.380 e. The first-order valence-corrected chi connectivity index (χ1v) is 14.7. The van der Waals surface area contributed by atoms with Crippen LogP contribution in [0.4, 0.5) is 5.69 Å². The van der Waals surface area contributed by atoms with Crippen molar-refractivity contribution in [2.75, 3.05) is 25.1 Å². The quantitative estimate of drug-likeness (QED) is 0.396. The standard InChI is InChI=1S/C30H40N6O4/c1-29(11-4-12-29)16-31-28(39)30(13-14-40-17-30)21-5-3-6-22(15-21)34-26(37)24(23(19-7-8-19)20-9-10-20)35-27(38)25-32-18-33-36(25)2/h3,5-6,15,18-20,23-24H,4,7-14,16-17H2,1-2H3,(H,31,39)(H,34,37)(H,35,38)/t24-,30?/m0/s1. The van der Waals surface area contributed by atoms with Gasteiger partial charge in [0.2, 0.25) is 17.6 Å². The molecule has 3 amide bonds. The molecule has 6 rings (SSSR count). The molecular weight excluding hydrogens is 508 g/mol. The van der Waals surface area contributed by atoms with Gasteiger partial charge in [-0.15, -0.1) is 0 Å². The van der Waals surface area contributed by atoms with E-state index in [9.17, 15) is 14.4 Å². The van der Waals surface area contributed by atoms with Gasteiger partial charge in [0.1, 0.15) is 12.4 Å². The molecule has 2 atom stereocenters. The number of ether oxygens (including phenoxy) is 1. The molecule has 1 unspecified atom stereocenters.